The van der Waals surface area contributed by atoms with Gasteiger partial charge >= 0.3 is 0 Å². The Morgan fingerprint density at radius 1 is 1.27 bits per heavy atom. The van der Waals surface area contributed by atoms with E-state index in [0.717, 1.165) is 5.82 Å². The molecule has 2 rings (SSSR count). The molecule has 0 aliphatic heterocycles. The number of carbonyl (C=O) groups is 1. The molecule has 0 fully saturated rings. The van der Waals surface area contributed by atoms with Gasteiger partial charge in [-0.15, -0.1) is 0 Å². The molecule has 0 aliphatic rings. The first-order valence-corrected chi connectivity index (χ1v) is 8.03. The van der Waals surface area contributed by atoms with Gasteiger partial charge in [-0.3, -0.25) is 4.79 Å². The summed E-state index contributed by atoms with van der Waals surface area (Å²) in [5.41, 5.74) is 1.80. The number of carbonyl (C=O) groups excluding carboxylic acids is 1. The number of nitrogens with one attached hydrogen (secondary N) is 1. The van der Waals surface area contributed by atoms with Crippen LogP contribution in [0.2, 0.25) is 0 Å². The highest BCUT2D eigenvalue weighted by atomic mass is 32.1. The van der Waals surface area contributed by atoms with Gasteiger partial charge in [-0.25, -0.2) is 4.98 Å². The van der Waals surface area contributed by atoms with Gasteiger partial charge in [0.15, 0.2) is 0 Å². The SMILES string of the molecule is CN(C)c1ccc(C(=O)NCC(c2ccsc2)N(C)C)cn1. The van der Waals surface area contributed by atoms with Crippen LogP contribution in [0.15, 0.2) is 35.2 Å². The minimum Gasteiger partial charge on any atom is -0.363 e. The van der Waals surface area contributed by atoms with E-state index in [0.29, 0.717) is 12.1 Å². The lowest BCUT2D eigenvalue weighted by molar-refractivity contribution is 0.0941. The summed E-state index contributed by atoms with van der Waals surface area (Å²) in [6.07, 6.45) is 1.61. The van der Waals surface area contributed by atoms with Crippen LogP contribution in [0.5, 0.6) is 0 Å². The molecule has 22 heavy (non-hydrogen) atoms. The predicted molar refractivity (Wildman–Crippen MR) is 91.6 cm³/mol. The van der Waals surface area contributed by atoms with Crippen LogP contribution in [0.4, 0.5) is 5.82 Å². The lowest BCUT2D eigenvalue weighted by Crippen LogP contribution is -2.34. The molecule has 0 aromatic carbocycles. The Kier molecular flexibility index (Phi) is 5.51. The molecular formula is C16H22N4OS. The molecule has 1 N–H and O–H groups in total. The van der Waals surface area contributed by atoms with Crippen molar-refractivity contribution in [3.8, 4) is 0 Å². The van der Waals surface area contributed by atoms with Crippen molar-refractivity contribution in [2.45, 2.75) is 6.04 Å². The number of amides is 1. The molecule has 2 aromatic rings. The summed E-state index contributed by atoms with van der Waals surface area (Å²) in [7, 11) is 7.87. The second kappa shape index (κ2) is 7.38. The number of thiophene rings is 1. The number of hydrogen-bond donors (Lipinski definition) is 1. The van der Waals surface area contributed by atoms with E-state index in [1.165, 1.54) is 5.56 Å². The van der Waals surface area contributed by atoms with E-state index >= 15 is 0 Å². The molecule has 0 radical (unpaired) electrons. The smallest absolute Gasteiger partial charge is 0.252 e. The Labute approximate surface area is 135 Å². The first kappa shape index (κ1) is 16.5. The van der Waals surface area contributed by atoms with Crippen LogP contribution in [-0.4, -0.2) is 50.5 Å². The fraction of sp³-hybridized carbons (Fsp3) is 0.375. The van der Waals surface area contributed by atoms with Crippen molar-refractivity contribution in [1.29, 1.82) is 0 Å². The first-order chi connectivity index (χ1) is 10.5. The van der Waals surface area contributed by atoms with Crippen LogP contribution < -0.4 is 10.2 Å². The molecule has 0 saturated carbocycles. The Bertz CT molecular complexity index is 593. The highest BCUT2D eigenvalue weighted by Gasteiger charge is 2.16. The molecule has 0 saturated heterocycles. The number of hydrogen-bond acceptors (Lipinski definition) is 5. The van der Waals surface area contributed by atoms with E-state index < -0.39 is 0 Å². The topological polar surface area (TPSA) is 48.5 Å². The molecule has 118 valence electrons. The third kappa shape index (κ3) is 4.05. The number of likely N-dealkylation sites (N-methyl/N-ethyl adjacent to an activating group) is 1. The van der Waals surface area contributed by atoms with Gasteiger partial charge < -0.3 is 15.1 Å². The van der Waals surface area contributed by atoms with E-state index in [1.807, 2.05) is 39.2 Å². The maximum absolute atomic E-state index is 12.2. The number of rotatable bonds is 6. The van der Waals surface area contributed by atoms with E-state index in [4.69, 9.17) is 0 Å². The zero-order chi connectivity index (χ0) is 16.1. The Morgan fingerprint density at radius 2 is 2.05 bits per heavy atom. The van der Waals surface area contributed by atoms with Crippen molar-refractivity contribution in [3.63, 3.8) is 0 Å². The number of anilines is 1. The van der Waals surface area contributed by atoms with Crippen molar-refractivity contribution in [2.75, 3.05) is 39.6 Å². The second-order valence-electron chi connectivity index (χ2n) is 5.55. The Hall–Kier alpha value is -1.92. The zero-order valence-corrected chi connectivity index (χ0v) is 14.2. The maximum Gasteiger partial charge on any atom is 0.252 e. The van der Waals surface area contributed by atoms with Crippen LogP contribution in [-0.2, 0) is 0 Å². The second-order valence-corrected chi connectivity index (χ2v) is 6.33. The van der Waals surface area contributed by atoms with Crippen molar-refractivity contribution in [1.82, 2.24) is 15.2 Å². The van der Waals surface area contributed by atoms with Gasteiger partial charge in [0.2, 0.25) is 0 Å². The van der Waals surface area contributed by atoms with E-state index in [1.54, 1.807) is 23.6 Å². The molecule has 2 heterocycles. The molecule has 1 amide bonds. The summed E-state index contributed by atoms with van der Waals surface area (Å²) < 4.78 is 0. The van der Waals surface area contributed by atoms with E-state index in [9.17, 15) is 4.79 Å². The summed E-state index contributed by atoms with van der Waals surface area (Å²) in [4.78, 5) is 20.5. The predicted octanol–water partition coefficient (Wildman–Crippen LogP) is 2.24. The molecule has 0 spiro atoms. The molecule has 1 atom stereocenters. The zero-order valence-electron chi connectivity index (χ0n) is 13.4. The van der Waals surface area contributed by atoms with Crippen molar-refractivity contribution < 1.29 is 4.79 Å². The van der Waals surface area contributed by atoms with Gasteiger partial charge in [0.05, 0.1) is 11.6 Å². The Balaban J connectivity index is 1.99. The van der Waals surface area contributed by atoms with Crippen molar-refractivity contribution in [2.24, 2.45) is 0 Å². The third-order valence-electron chi connectivity index (χ3n) is 3.48. The molecule has 6 heteroatoms. The van der Waals surface area contributed by atoms with Crippen molar-refractivity contribution >= 4 is 23.1 Å². The number of pyridine rings is 1. The average Bonchev–Trinajstić information content (AvgIpc) is 3.01. The average molecular weight is 318 g/mol. The Morgan fingerprint density at radius 3 is 2.55 bits per heavy atom. The minimum absolute atomic E-state index is 0.0973. The molecule has 0 aliphatic carbocycles. The largest absolute Gasteiger partial charge is 0.363 e. The normalized spacial score (nSPS) is 12.2. The van der Waals surface area contributed by atoms with E-state index in [-0.39, 0.29) is 11.9 Å². The van der Waals surface area contributed by atoms with Gasteiger partial charge in [-0.05, 0) is 48.6 Å². The highest BCUT2D eigenvalue weighted by molar-refractivity contribution is 7.07. The molecule has 1 unspecified atom stereocenters. The van der Waals surface area contributed by atoms with E-state index in [2.05, 4.69) is 32.0 Å². The van der Waals surface area contributed by atoms with Gasteiger partial charge in [0.25, 0.3) is 5.91 Å². The first-order valence-electron chi connectivity index (χ1n) is 7.09. The summed E-state index contributed by atoms with van der Waals surface area (Å²) in [5.74, 6) is 0.737. The van der Waals surface area contributed by atoms with Crippen LogP contribution in [0.1, 0.15) is 22.0 Å². The van der Waals surface area contributed by atoms with Gasteiger partial charge in [-0.2, -0.15) is 11.3 Å². The third-order valence-corrected chi connectivity index (χ3v) is 4.18. The quantitative estimate of drug-likeness (QED) is 0.887. The van der Waals surface area contributed by atoms with Crippen LogP contribution in [0.3, 0.4) is 0 Å². The maximum atomic E-state index is 12.2. The molecule has 2 aromatic heterocycles. The summed E-state index contributed by atoms with van der Waals surface area (Å²) in [5, 5.41) is 7.16. The van der Waals surface area contributed by atoms with Crippen LogP contribution in [0.25, 0.3) is 0 Å². The fourth-order valence-electron chi connectivity index (χ4n) is 2.14. The van der Waals surface area contributed by atoms with Crippen LogP contribution in [0, 0.1) is 0 Å². The van der Waals surface area contributed by atoms with Crippen LogP contribution >= 0.6 is 11.3 Å². The lowest BCUT2D eigenvalue weighted by Gasteiger charge is -2.24. The number of aromatic nitrogens is 1. The summed E-state index contributed by atoms with van der Waals surface area (Å²) in [6.45, 7) is 0.567. The fourth-order valence-corrected chi connectivity index (χ4v) is 2.85. The van der Waals surface area contributed by atoms with Gasteiger partial charge in [-0.1, -0.05) is 0 Å². The summed E-state index contributed by atoms with van der Waals surface area (Å²) >= 11 is 1.67. The van der Waals surface area contributed by atoms with Gasteiger partial charge in [0, 0.05) is 26.8 Å². The highest BCUT2D eigenvalue weighted by Crippen LogP contribution is 2.20. The molecule has 5 nitrogen and oxygen atoms in total. The lowest BCUT2D eigenvalue weighted by atomic mass is 10.1. The van der Waals surface area contributed by atoms with Gasteiger partial charge in [0.1, 0.15) is 5.82 Å². The monoisotopic (exact) mass is 318 g/mol. The standard InChI is InChI=1S/C16H22N4OS/c1-19(2)14(13-7-8-22-11-13)10-18-16(21)12-5-6-15(17-9-12)20(3)4/h5-9,11,14H,10H2,1-4H3,(H,18,21). The number of nitrogens with zero attached hydrogens (tertiary/aromatic N) is 3. The minimum atomic E-state index is -0.0973. The molecule has 0 bridgehead atoms. The molecular weight excluding hydrogens is 296 g/mol. The summed E-state index contributed by atoms with van der Waals surface area (Å²) in [6, 6.07) is 5.91. The van der Waals surface area contributed by atoms with Crippen molar-refractivity contribution in [3.05, 3.63) is 46.3 Å².